The molecule has 0 aromatic carbocycles. The fraction of sp³-hybridized carbons (Fsp3) is 1.00. The fourth-order valence-corrected chi connectivity index (χ4v) is 2.80. The van der Waals surface area contributed by atoms with Gasteiger partial charge in [0.25, 0.3) is 0 Å². The van der Waals surface area contributed by atoms with Gasteiger partial charge in [-0.05, 0) is 19.9 Å². The number of ether oxygens (including phenoxy) is 2. The number of hydrogen-bond donors (Lipinski definition) is 0. The smallest absolute Gasteiger partial charge is 0.319 e. The molecule has 3 nitrogen and oxygen atoms in total. The van der Waals surface area contributed by atoms with Crippen LogP contribution < -0.4 is 0 Å². The van der Waals surface area contributed by atoms with E-state index in [9.17, 15) is 17.6 Å². The maximum Gasteiger partial charge on any atom is 0.319 e. The summed E-state index contributed by atoms with van der Waals surface area (Å²) in [6, 6.07) is -0.122. The molecule has 0 amide bonds. The summed E-state index contributed by atoms with van der Waals surface area (Å²) in [4.78, 5) is 1.33. The Labute approximate surface area is 109 Å². The van der Waals surface area contributed by atoms with Crippen molar-refractivity contribution in [3.05, 3.63) is 0 Å². The Morgan fingerprint density at radius 3 is 2.21 bits per heavy atom. The molecular weight excluding hydrogens is 266 g/mol. The van der Waals surface area contributed by atoms with Crippen LogP contribution in [0.5, 0.6) is 0 Å². The van der Waals surface area contributed by atoms with Crippen LogP contribution in [0.4, 0.5) is 17.6 Å². The lowest BCUT2D eigenvalue weighted by Gasteiger charge is -2.39. The van der Waals surface area contributed by atoms with Crippen molar-refractivity contribution in [3.8, 4) is 0 Å². The number of alkyl halides is 4. The van der Waals surface area contributed by atoms with Crippen LogP contribution in [0, 0.1) is 0 Å². The maximum absolute atomic E-state index is 13.0. The minimum Gasteiger partial charge on any atom is -0.348 e. The van der Waals surface area contributed by atoms with Gasteiger partial charge < -0.3 is 9.47 Å². The zero-order valence-corrected chi connectivity index (χ0v) is 10.9. The third-order valence-electron chi connectivity index (χ3n) is 3.93. The predicted molar refractivity (Wildman–Crippen MR) is 60.5 cm³/mol. The molecule has 1 heterocycles. The molecule has 0 N–H and O–H groups in total. The van der Waals surface area contributed by atoms with Crippen LogP contribution in [0.1, 0.15) is 25.7 Å². The summed E-state index contributed by atoms with van der Waals surface area (Å²) in [5.74, 6) is -4.51. The van der Waals surface area contributed by atoms with Crippen molar-refractivity contribution in [1.82, 2.24) is 4.90 Å². The Hall–Kier alpha value is -0.400. The molecule has 1 aliphatic carbocycles. The highest BCUT2D eigenvalue weighted by molar-refractivity contribution is 4.87. The molecule has 2 fully saturated rings. The molecule has 112 valence electrons. The van der Waals surface area contributed by atoms with Crippen LogP contribution in [-0.4, -0.2) is 55.9 Å². The van der Waals surface area contributed by atoms with E-state index in [1.165, 1.54) is 11.9 Å². The first-order valence-electron chi connectivity index (χ1n) is 6.49. The van der Waals surface area contributed by atoms with Crippen molar-refractivity contribution in [3.63, 3.8) is 0 Å². The summed E-state index contributed by atoms with van der Waals surface area (Å²) in [5.41, 5.74) is 0. The lowest BCUT2D eigenvalue weighted by atomic mass is 9.89. The molecule has 1 saturated heterocycles. The zero-order chi connectivity index (χ0) is 14.1. The molecule has 0 atom stereocenters. The Balaban J connectivity index is 1.84. The average Bonchev–Trinajstić information content (AvgIpc) is 2.77. The molecule has 1 aliphatic heterocycles. The molecule has 1 spiro atoms. The van der Waals surface area contributed by atoms with Crippen molar-refractivity contribution >= 4 is 0 Å². The van der Waals surface area contributed by atoms with E-state index in [1.807, 2.05) is 0 Å². The van der Waals surface area contributed by atoms with Crippen LogP contribution in [-0.2, 0) is 9.47 Å². The van der Waals surface area contributed by atoms with Gasteiger partial charge >= 0.3 is 12.3 Å². The molecule has 0 unspecified atom stereocenters. The second kappa shape index (κ2) is 5.54. The van der Waals surface area contributed by atoms with Gasteiger partial charge in [-0.3, -0.25) is 4.90 Å². The number of hydrogen-bond acceptors (Lipinski definition) is 3. The Morgan fingerprint density at radius 2 is 1.74 bits per heavy atom. The van der Waals surface area contributed by atoms with E-state index in [-0.39, 0.29) is 6.04 Å². The maximum atomic E-state index is 13.0. The van der Waals surface area contributed by atoms with Crippen molar-refractivity contribution in [2.45, 2.75) is 49.9 Å². The Kier molecular flexibility index (Phi) is 4.37. The van der Waals surface area contributed by atoms with Gasteiger partial charge in [-0.25, -0.2) is 8.78 Å². The van der Waals surface area contributed by atoms with Crippen molar-refractivity contribution in [2.24, 2.45) is 0 Å². The van der Waals surface area contributed by atoms with Gasteiger partial charge in [0.2, 0.25) is 0 Å². The molecule has 0 bridgehead atoms. The SMILES string of the molecule is CN(CC(F)(F)C(F)F)C1CCC2(CC1)OCCO2. The van der Waals surface area contributed by atoms with Crippen molar-refractivity contribution in [1.29, 1.82) is 0 Å². The normalized spacial score (nSPS) is 24.8. The molecule has 1 saturated carbocycles. The third kappa shape index (κ3) is 3.38. The molecular formula is C12H19F4NO2. The summed E-state index contributed by atoms with van der Waals surface area (Å²) < 4.78 is 61.4. The van der Waals surface area contributed by atoms with Gasteiger partial charge in [-0.15, -0.1) is 0 Å². The summed E-state index contributed by atoms with van der Waals surface area (Å²) in [6.07, 6.45) is -1.12. The van der Waals surface area contributed by atoms with E-state index in [2.05, 4.69) is 0 Å². The van der Waals surface area contributed by atoms with Gasteiger partial charge in [0, 0.05) is 18.9 Å². The largest absolute Gasteiger partial charge is 0.348 e. The number of nitrogens with zero attached hydrogens (tertiary/aromatic N) is 1. The molecule has 2 aliphatic rings. The minimum absolute atomic E-state index is 0.122. The van der Waals surface area contributed by atoms with Gasteiger partial charge in [-0.1, -0.05) is 0 Å². The Morgan fingerprint density at radius 1 is 1.21 bits per heavy atom. The summed E-state index contributed by atoms with van der Waals surface area (Å²) >= 11 is 0. The average molecular weight is 285 g/mol. The molecule has 0 radical (unpaired) electrons. The van der Waals surface area contributed by atoms with E-state index in [4.69, 9.17) is 9.47 Å². The fourth-order valence-electron chi connectivity index (χ4n) is 2.80. The molecule has 19 heavy (non-hydrogen) atoms. The van der Waals surface area contributed by atoms with Crippen LogP contribution >= 0.6 is 0 Å². The van der Waals surface area contributed by atoms with Gasteiger partial charge in [0.1, 0.15) is 0 Å². The quantitative estimate of drug-likeness (QED) is 0.741. The van der Waals surface area contributed by atoms with Crippen LogP contribution in [0.3, 0.4) is 0 Å². The lowest BCUT2D eigenvalue weighted by molar-refractivity contribution is -0.188. The second-order valence-corrected chi connectivity index (χ2v) is 5.32. The monoisotopic (exact) mass is 285 g/mol. The van der Waals surface area contributed by atoms with Crippen molar-refractivity contribution in [2.75, 3.05) is 26.8 Å². The third-order valence-corrected chi connectivity index (χ3v) is 3.93. The first kappa shape index (κ1) is 15.0. The van der Waals surface area contributed by atoms with Crippen LogP contribution in [0.25, 0.3) is 0 Å². The summed E-state index contributed by atoms with van der Waals surface area (Å²) in [7, 11) is 1.47. The number of rotatable bonds is 4. The highest BCUT2D eigenvalue weighted by Gasteiger charge is 2.45. The zero-order valence-electron chi connectivity index (χ0n) is 10.9. The second-order valence-electron chi connectivity index (χ2n) is 5.32. The van der Waals surface area contributed by atoms with Crippen LogP contribution in [0.2, 0.25) is 0 Å². The first-order valence-corrected chi connectivity index (χ1v) is 6.49. The molecule has 0 aromatic rings. The topological polar surface area (TPSA) is 21.7 Å². The minimum atomic E-state index is -3.95. The van der Waals surface area contributed by atoms with E-state index in [1.54, 1.807) is 0 Å². The standard InChI is InChI=1S/C12H19F4NO2/c1-17(8-12(15,16)10(13)14)9-2-4-11(5-3-9)18-6-7-19-11/h9-10H,2-8H2,1H3. The van der Waals surface area contributed by atoms with E-state index >= 15 is 0 Å². The predicted octanol–water partition coefficient (Wildman–Crippen LogP) is 2.50. The first-order chi connectivity index (χ1) is 8.85. The highest BCUT2D eigenvalue weighted by Crippen LogP contribution is 2.37. The summed E-state index contributed by atoms with van der Waals surface area (Å²) in [5, 5.41) is 0. The van der Waals surface area contributed by atoms with Crippen molar-refractivity contribution < 1.29 is 27.0 Å². The molecule has 0 aromatic heterocycles. The van der Waals surface area contributed by atoms with Gasteiger partial charge in [0.15, 0.2) is 5.79 Å². The number of halogens is 4. The van der Waals surface area contributed by atoms with E-state index < -0.39 is 24.7 Å². The molecule has 7 heteroatoms. The van der Waals surface area contributed by atoms with E-state index in [0.717, 1.165) is 0 Å². The Bertz CT molecular complexity index is 298. The molecule has 2 rings (SSSR count). The van der Waals surface area contributed by atoms with Gasteiger partial charge in [0.05, 0.1) is 19.8 Å². The van der Waals surface area contributed by atoms with Crippen LogP contribution in [0.15, 0.2) is 0 Å². The summed E-state index contributed by atoms with van der Waals surface area (Å²) in [6.45, 7) is 0.206. The highest BCUT2D eigenvalue weighted by atomic mass is 19.3. The van der Waals surface area contributed by atoms with E-state index in [0.29, 0.717) is 38.9 Å². The van der Waals surface area contributed by atoms with Gasteiger partial charge in [-0.2, -0.15) is 8.78 Å². The lowest BCUT2D eigenvalue weighted by Crippen LogP contribution is -2.48.